The van der Waals surface area contributed by atoms with Crippen LogP contribution in [0, 0.1) is 5.92 Å². The second-order valence-electron chi connectivity index (χ2n) is 5.02. The van der Waals surface area contributed by atoms with Crippen molar-refractivity contribution >= 4 is 5.91 Å². The quantitative estimate of drug-likeness (QED) is 0.860. The van der Waals surface area contributed by atoms with E-state index < -0.39 is 0 Å². The molecule has 0 aliphatic rings. The molecule has 1 amide bonds. The van der Waals surface area contributed by atoms with Crippen LogP contribution in [0.1, 0.15) is 19.4 Å². The molecule has 0 saturated carbocycles. The maximum Gasteiger partial charge on any atom is 0.226 e. The van der Waals surface area contributed by atoms with Gasteiger partial charge in [0, 0.05) is 31.3 Å². The van der Waals surface area contributed by atoms with Gasteiger partial charge in [-0.05, 0) is 19.1 Å². The fourth-order valence-electron chi connectivity index (χ4n) is 1.89. The summed E-state index contributed by atoms with van der Waals surface area (Å²) in [4.78, 5) is 13.9. The van der Waals surface area contributed by atoms with Crippen LogP contribution in [-0.2, 0) is 11.3 Å². The molecule has 2 atom stereocenters. The van der Waals surface area contributed by atoms with Gasteiger partial charge in [0.2, 0.25) is 5.91 Å². The number of rotatable bonds is 6. The van der Waals surface area contributed by atoms with Gasteiger partial charge in [-0.25, -0.2) is 0 Å². The van der Waals surface area contributed by atoms with Gasteiger partial charge in [-0.15, -0.1) is 0 Å². The van der Waals surface area contributed by atoms with E-state index in [1.807, 2.05) is 32.0 Å². The number of hydrogen-bond acceptors (Lipinski definition) is 4. The topological polar surface area (TPSA) is 64.8 Å². The van der Waals surface area contributed by atoms with Crippen molar-refractivity contribution in [3.8, 4) is 11.5 Å². The monoisotopic (exact) mass is 280 g/mol. The molecule has 0 bridgehead atoms. The van der Waals surface area contributed by atoms with Crippen LogP contribution in [0.15, 0.2) is 18.2 Å². The van der Waals surface area contributed by atoms with Crippen molar-refractivity contribution in [3.63, 3.8) is 0 Å². The van der Waals surface area contributed by atoms with Gasteiger partial charge >= 0.3 is 0 Å². The molecule has 0 aliphatic heterocycles. The smallest absolute Gasteiger partial charge is 0.226 e. The highest BCUT2D eigenvalue weighted by molar-refractivity contribution is 5.79. The second-order valence-corrected chi connectivity index (χ2v) is 5.02. The van der Waals surface area contributed by atoms with Crippen molar-refractivity contribution < 1.29 is 14.3 Å². The molecule has 0 saturated heterocycles. The molecular formula is C15H24N2O3. The molecule has 0 aliphatic carbocycles. The number of nitrogens with two attached hydrogens (primary N) is 1. The molecule has 5 heteroatoms. The van der Waals surface area contributed by atoms with Gasteiger partial charge < -0.3 is 20.1 Å². The highest BCUT2D eigenvalue weighted by atomic mass is 16.5. The van der Waals surface area contributed by atoms with Crippen LogP contribution in [0.25, 0.3) is 0 Å². The van der Waals surface area contributed by atoms with Crippen LogP contribution in [0.3, 0.4) is 0 Å². The number of hydrogen-bond donors (Lipinski definition) is 1. The van der Waals surface area contributed by atoms with Gasteiger partial charge in [-0.2, -0.15) is 0 Å². The lowest BCUT2D eigenvalue weighted by molar-refractivity contribution is -0.134. The normalized spacial score (nSPS) is 13.5. The van der Waals surface area contributed by atoms with Crippen molar-refractivity contribution in [2.24, 2.45) is 11.7 Å². The first-order valence-corrected chi connectivity index (χ1v) is 6.62. The van der Waals surface area contributed by atoms with E-state index in [1.54, 1.807) is 26.2 Å². The minimum Gasteiger partial charge on any atom is -0.497 e. The largest absolute Gasteiger partial charge is 0.497 e. The molecule has 2 unspecified atom stereocenters. The lowest BCUT2D eigenvalue weighted by atomic mass is 10.0. The Balaban J connectivity index is 2.85. The van der Waals surface area contributed by atoms with E-state index >= 15 is 0 Å². The molecule has 1 aromatic carbocycles. The van der Waals surface area contributed by atoms with E-state index in [0.29, 0.717) is 12.3 Å². The zero-order valence-corrected chi connectivity index (χ0v) is 12.8. The van der Waals surface area contributed by atoms with Gasteiger partial charge in [0.1, 0.15) is 11.5 Å². The maximum atomic E-state index is 12.2. The van der Waals surface area contributed by atoms with Gasteiger partial charge in [-0.3, -0.25) is 4.79 Å². The fraction of sp³-hybridized carbons (Fsp3) is 0.533. The molecule has 0 aromatic heterocycles. The third-order valence-electron chi connectivity index (χ3n) is 3.46. The number of amides is 1. The maximum absolute atomic E-state index is 12.2. The Hall–Kier alpha value is -1.75. The number of carbonyl (C=O) groups excluding carboxylic acids is 1. The standard InChI is InChI=1S/C15H24N2O3/c1-10(11(2)16)15(18)17(3)9-12-6-7-13(19-4)8-14(12)20-5/h6-8,10-11H,9,16H2,1-5H3. The first-order chi connectivity index (χ1) is 9.40. The summed E-state index contributed by atoms with van der Waals surface area (Å²) in [6.07, 6.45) is 0. The summed E-state index contributed by atoms with van der Waals surface area (Å²) in [5.74, 6) is 1.25. The number of benzene rings is 1. The van der Waals surface area contributed by atoms with Gasteiger partial charge in [0.25, 0.3) is 0 Å². The SMILES string of the molecule is COc1ccc(CN(C)C(=O)C(C)C(C)N)c(OC)c1. The molecule has 2 N–H and O–H groups in total. The number of methoxy groups -OCH3 is 2. The molecule has 0 radical (unpaired) electrons. The Bertz CT molecular complexity index is 460. The third kappa shape index (κ3) is 3.87. The zero-order chi connectivity index (χ0) is 15.3. The van der Waals surface area contributed by atoms with Gasteiger partial charge in [-0.1, -0.05) is 6.92 Å². The predicted molar refractivity (Wildman–Crippen MR) is 78.8 cm³/mol. The van der Waals surface area contributed by atoms with E-state index in [0.717, 1.165) is 11.3 Å². The van der Waals surface area contributed by atoms with Crippen LogP contribution < -0.4 is 15.2 Å². The second kappa shape index (κ2) is 7.14. The van der Waals surface area contributed by atoms with Gasteiger partial charge in [0.15, 0.2) is 0 Å². The average molecular weight is 280 g/mol. The molecule has 5 nitrogen and oxygen atoms in total. The molecular weight excluding hydrogens is 256 g/mol. The molecule has 112 valence electrons. The average Bonchev–Trinajstić information content (AvgIpc) is 2.45. The van der Waals surface area contributed by atoms with E-state index in [-0.39, 0.29) is 17.9 Å². The first-order valence-electron chi connectivity index (χ1n) is 6.62. The molecule has 1 aromatic rings. The van der Waals surface area contributed by atoms with Crippen molar-refractivity contribution in [2.45, 2.75) is 26.4 Å². The number of carbonyl (C=O) groups is 1. The molecule has 0 fully saturated rings. The van der Waals surface area contributed by atoms with Crippen LogP contribution in [-0.4, -0.2) is 38.1 Å². The summed E-state index contributed by atoms with van der Waals surface area (Å²) in [5.41, 5.74) is 6.70. The summed E-state index contributed by atoms with van der Waals surface area (Å²) in [6, 6.07) is 5.40. The minimum atomic E-state index is -0.204. The highest BCUT2D eigenvalue weighted by Crippen LogP contribution is 2.25. The van der Waals surface area contributed by atoms with Crippen molar-refractivity contribution in [2.75, 3.05) is 21.3 Å². The lowest BCUT2D eigenvalue weighted by Crippen LogP contribution is -2.39. The first kappa shape index (κ1) is 16.3. The van der Waals surface area contributed by atoms with Crippen LogP contribution in [0.5, 0.6) is 11.5 Å². The molecule has 20 heavy (non-hydrogen) atoms. The summed E-state index contributed by atoms with van der Waals surface area (Å²) < 4.78 is 10.5. The Kier molecular flexibility index (Phi) is 5.82. The molecule has 0 spiro atoms. The third-order valence-corrected chi connectivity index (χ3v) is 3.46. The highest BCUT2D eigenvalue weighted by Gasteiger charge is 2.21. The number of nitrogens with zero attached hydrogens (tertiary/aromatic N) is 1. The van der Waals surface area contributed by atoms with Gasteiger partial charge in [0.05, 0.1) is 20.1 Å². The van der Waals surface area contributed by atoms with Crippen molar-refractivity contribution in [1.82, 2.24) is 4.90 Å². The van der Waals surface area contributed by atoms with E-state index in [4.69, 9.17) is 15.2 Å². The van der Waals surface area contributed by atoms with Crippen molar-refractivity contribution in [1.29, 1.82) is 0 Å². The Labute approximate surface area is 120 Å². The fourth-order valence-corrected chi connectivity index (χ4v) is 1.89. The van der Waals surface area contributed by atoms with E-state index in [1.165, 1.54) is 0 Å². The molecule has 0 heterocycles. The Morgan fingerprint density at radius 1 is 1.30 bits per heavy atom. The zero-order valence-electron chi connectivity index (χ0n) is 12.8. The van der Waals surface area contributed by atoms with Crippen LogP contribution in [0.2, 0.25) is 0 Å². The number of ether oxygens (including phenoxy) is 2. The Morgan fingerprint density at radius 2 is 1.95 bits per heavy atom. The summed E-state index contributed by atoms with van der Waals surface area (Å²) in [7, 11) is 4.98. The van der Waals surface area contributed by atoms with E-state index in [2.05, 4.69) is 0 Å². The van der Waals surface area contributed by atoms with Crippen molar-refractivity contribution in [3.05, 3.63) is 23.8 Å². The Morgan fingerprint density at radius 3 is 2.45 bits per heavy atom. The lowest BCUT2D eigenvalue weighted by Gasteiger charge is -2.24. The summed E-state index contributed by atoms with van der Waals surface area (Å²) >= 11 is 0. The minimum absolute atomic E-state index is 0.0258. The predicted octanol–water partition coefficient (Wildman–Crippen LogP) is 1.65. The van der Waals surface area contributed by atoms with Crippen LogP contribution in [0.4, 0.5) is 0 Å². The van der Waals surface area contributed by atoms with Crippen LogP contribution >= 0.6 is 0 Å². The van der Waals surface area contributed by atoms with E-state index in [9.17, 15) is 4.79 Å². The molecule has 1 rings (SSSR count). The summed E-state index contributed by atoms with van der Waals surface area (Å²) in [5, 5.41) is 0. The summed E-state index contributed by atoms with van der Waals surface area (Å²) in [6.45, 7) is 4.15.